The molecule has 5 heteroatoms. The quantitative estimate of drug-likeness (QED) is 0.689. The number of carbonyl (C=O) groups excluding carboxylic acids is 1. The molecule has 0 bridgehead atoms. The van der Waals surface area contributed by atoms with Gasteiger partial charge in [-0.25, -0.2) is 4.79 Å². The molecule has 21 heavy (non-hydrogen) atoms. The van der Waals surface area contributed by atoms with Crippen molar-refractivity contribution in [1.82, 2.24) is 15.5 Å². The number of urea groups is 1. The number of halogens is 1. The number of benzene rings is 1. The largest absolute Gasteiger partial charge is 0.338 e. The molecule has 4 nitrogen and oxygen atoms in total. The molecule has 0 fully saturated rings. The molecule has 0 saturated carbocycles. The van der Waals surface area contributed by atoms with Gasteiger partial charge in [-0.05, 0) is 50.2 Å². The Morgan fingerprint density at radius 3 is 2.57 bits per heavy atom. The molecule has 0 aliphatic heterocycles. The molecule has 0 atom stereocenters. The van der Waals surface area contributed by atoms with E-state index < -0.39 is 0 Å². The summed E-state index contributed by atoms with van der Waals surface area (Å²) in [6.45, 7) is 8.77. The number of hydrogen-bond donors (Lipinski definition) is 2. The van der Waals surface area contributed by atoms with E-state index in [0.29, 0.717) is 13.1 Å². The zero-order valence-electron chi connectivity index (χ0n) is 13.0. The van der Waals surface area contributed by atoms with E-state index in [1.165, 1.54) is 0 Å². The predicted octanol–water partition coefficient (Wildman–Crippen LogP) is 2.91. The highest BCUT2D eigenvalue weighted by Crippen LogP contribution is 2.10. The summed E-state index contributed by atoms with van der Waals surface area (Å²) in [7, 11) is 0. The van der Waals surface area contributed by atoms with Crippen LogP contribution < -0.4 is 10.6 Å². The minimum absolute atomic E-state index is 0.100. The Balaban J connectivity index is 2.09. The first-order valence-electron chi connectivity index (χ1n) is 7.64. The molecule has 2 N–H and O–H groups in total. The van der Waals surface area contributed by atoms with Crippen LogP contribution in [0.3, 0.4) is 0 Å². The summed E-state index contributed by atoms with van der Waals surface area (Å²) in [4.78, 5) is 14.0. The van der Waals surface area contributed by atoms with Gasteiger partial charge in [0.2, 0.25) is 0 Å². The maximum absolute atomic E-state index is 11.6. The fraction of sp³-hybridized carbons (Fsp3) is 0.562. The standard InChI is InChI=1S/C16H26ClN3O/c1-3-20(4-2)12-6-10-18-16(21)19-11-9-14-7-5-8-15(17)13-14/h5,7-8,13H,3-4,6,9-12H2,1-2H3,(H2,18,19,21). The maximum Gasteiger partial charge on any atom is 0.314 e. The molecule has 0 unspecified atom stereocenters. The van der Waals surface area contributed by atoms with E-state index in [1.54, 1.807) is 0 Å². The van der Waals surface area contributed by atoms with Crippen LogP contribution in [-0.4, -0.2) is 43.7 Å². The van der Waals surface area contributed by atoms with E-state index in [0.717, 1.165) is 43.1 Å². The van der Waals surface area contributed by atoms with E-state index in [2.05, 4.69) is 29.4 Å². The highest BCUT2D eigenvalue weighted by molar-refractivity contribution is 6.30. The molecule has 0 aliphatic carbocycles. The predicted molar refractivity (Wildman–Crippen MR) is 89.0 cm³/mol. The van der Waals surface area contributed by atoms with Crippen molar-refractivity contribution in [3.05, 3.63) is 34.9 Å². The van der Waals surface area contributed by atoms with Crippen LogP contribution in [0.2, 0.25) is 5.02 Å². The zero-order valence-corrected chi connectivity index (χ0v) is 13.7. The monoisotopic (exact) mass is 311 g/mol. The maximum atomic E-state index is 11.6. The number of rotatable bonds is 9. The van der Waals surface area contributed by atoms with E-state index >= 15 is 0 Å². The van der Waals surface area contributed by atoms with Crippen LogP contribution in [-0.2, 0) is 6.42 Å². The van der Waals surface area contributed by atoms with Gasteiger partial charge in [0.15, 0.2) is 0 Å². The molecule has 0 radical (unpaired) electrons. The van der Waals surface area contributed by atoms with Crippen LogP contribution in [0.15, 0.2) is 24.3 Å². The molecule has 118 valence electrons. The lowest BCUT2D eigenvalue weighted by molar-refractivity contribution is 0.239. The fourth-order valence-corrected chi connectivity index (χ4v) is 2.33. The first-order chi connectivity index (χ1) is 10.2. The van der Waals surface area contributed by atoms with Crippen LogP contribution in [0.4, 0.5) is 4.79 Å². The number of hydrogen-bond acceptors (Lipinski definition) is 2. The van der Waals surface area contributed by atoms with Crippen molar-refractivity contribution in [3.8, 4) is 0 Å². The summed E-state index contributed by atoms with van der Waals surface area (Å²) >= 11 is 5.92. The van der Waals surface area contributed by atoms with Crippen LogP contribution in [0.5, 0.6) is 0 Å². The van der Waals surface area contributed by atoms with E-state index in [9.17, 15) is 4.79 Å². The van der Waals surface area contributed by atoms with Gasteiger partial charge >= 0.3 is 6.03 Å². The lowest BCUT2D eigenvalue weighted by atomic mass is 10.1. The van der Waals surface area contributed by atoms with Crippen LogP contribution in [0.25, 0.3) is 0 Å². The number of nitrogens with one attached hydrogen (secondary N) is 2. The molecular weight excluding hydrogens is 286 g/mol. The van der Waals surface area contributed by atoms with Crippen LogP contribution in [0.1, 0.15) is 25.8 Å². The summed E-state index contributed by atoms with van der Waals surface area (Å²) in [5.74, 6) is 0. The van der Waals surface area contributed by atoms with E-state index in [1.807, 2.05) is 24.3 Å². The third-order valence-corrected chi connectivity index (χ3v) is 3.65. The third-order valence-electron chi connectivity index (χ3n) is 3.42. The van der Waals surface area contributed by atoms with E-state index in [4.69, 9.17) is 11.6 Å². The van der Waals surface area contributed by atoms with Gasteiger partial charge in [-0.2, -0.15) is 0 Å². The highest BCUT2D eigenvalue weighted by Gasteiger charge is 2.01. The smallest absolute Gasteiger partial charge is 0.314 e. The average Bonchev–Trinajstić information content (AvgIpc) is 2.47. The molecule has 0 heterocycles. The number of amides is 2. The van der Waals surface area contributed by atoms with Crippen molar-refractivity contribution >= 4 is 17.6 Å². The lowest BCUT2D eigenvalue weighted by Crippen LogP contribution is -2.38. The molecular formula is C16H26ClN3O. The van der Waals surface area contributed by atoms with E-state index in [-0.39, 0.29) is 6.03 Å². The van der Waals surface area contributed by atoms with Gasteiger partial charge < -0.3 is 15.5 Å². The lowest BCUT2D eigenvalue weighted by Gasteiger charge is -2.17. The Bertz CT molecular complexity index is 422. The normalized spacial score (nSPS) is 10.7. The Labute approximate surface area is 132 Å². The fourth-order valence-electron chi connectivity index (χ4n) is 2.12. The van der Waals surface area contributed by atoms with Crippen molar-refractivity contribution < 1.29 is 4.79 Å². The third kappa shape index (κ3) is 7.93. The second-order valence-corrected chi connectivity index (χ2v) is 5.38. The Morgan fingerprint density at radius 1 is 1.19 bits per heavy atom. The van der Waals surface area contributed by atoms with Gasteiger partial charge in [0, 0.05) is 18.1 Å². The van der Waals surface area contributed by atoms with Gasteiger partial charge in [0.25, 0.3) is 0 Å². The van der Waals surface area contributed by atoms with Crippen LogP contribution in [0, 0.1) is 0 Å². The molecule has 2 amide bonds. The molecule has 1 aromatic carbocycles. The molecule has 0 aliphatic rings. The van der Waals surface area contributed by atoms with Crippen molar-refractivity contribution in [2.75, 3.05) is 32.7 Å². The SMILES string of the molecule is CCN(CC)CCCNC(=O)NCCc1cccc(Cl)c1. The van der Waals surface area contributed by atoms with Gasteiger partial charge in [-0.15, -0.1) is 0 Å². The van der Waals surface area contributed by atoms with Gasteiger partial charge in [0.1, 0.15) is 0 Å². The first kappa shape index (κ1) is 17.8. The highest BCUT2D eigenvalue weighted by atomic mass is 35.5. The zero-order chi connectivity index (χ0) is 15.5. The Hall–Kier alpha value is -1.26. The molecule has 0 spiro atoms. The summed E-state index contributed by atoms with van der Waals surface area (Å²) < 4.78 is 0. The van der Waals surface area contributed by atoms with Crippen LogP contribution >= 0.6 is 11.6 Å². The second-order valence-electron chi connectivity index (χ2n) is 4.94. The molecule has 0 aromatic heterocycles. The molecule has 0 saturated heterocycles. The molecule has 1 aromatic rings. The average molecular weight is 312 g/mol. The summed E-state index contributed by atoms with van der Waals surface area (Å²) in [5, 5.41) is 6.47. The van der Waals surface area contributed by atoms with Crippen molar-refractivity contribution in [1.29, 1.82) is 0 Å². The second kappa shape index (κ2) is 10.5. The van der Waals surface area contributed by atoms with Crippen molar-refractivity contribution in [3.63, 3.8) is 0 Å². The summed E-state index contributed by atoms with van der Waals surface area (Å²) in [6, 6.07) is 7.60. The first-order valence-corrected chi connectivity index (χ1v) is 8.02. The van der Waals surface area contributed by atoms with Crippen molar-refractivity contribution in [2.45, 2.75) is 26.7 Å². The number of nitrogens with zero attached hydrogens (tertiary/aromatic N) is 1. The molecule has 1 rings (SSSR count). The topological polar surface area (TPSA) is 44.4 Å². The number of carbonyl (C=O) groups is 1. The Morgan fingerprint density at radius 2 is 1.90 bits per heavy atom. The van der Waals surface area contributed by atoms with Gasteiger partial charge in [-0.1, -0.05) is 37.6 Å². The Kier molecular flexibility index (Phi) is 8.87. The summed E-state index contributed by atoms with van der Waals surface area (Å²) in [6.07, 6.45) is 1.76. The summed E-state index contributed by atoms with van der Waals surface area (Å²) in [5.41, 5.74) is 1.13. The van der Waals surface area contributed by atoms with Crippen molar-refractivity contribution in [2.24, 2.45) is 0 Å². The van der Waals surface area contributed by atoms with Gasteiger partial charge in [-0.3, -0.25) is 0 Å². The minimum Gasteiger partial charge on any atom is -0.338 e. The minimum atomic E-state index is -0.100. The van der Waals surface area contributed by atoms with Gasteiger partial charge in [0.05, 0.1) is 0 Å².